The SMILES string of the molecule is O=C(CC(c1ccsc1)C1CCCCC1)CC(c1ccsc1)C1CCCCC1. The first kappa shape index (κ1) is 20.3. The molecule has 0 bridgehead atoms. The monoisotopic (exact) mass is 414 g/mol. The van der Waals surface area contributed by atoms with Gasteiger partial charge in [-0.15, -0.1) is 0 Å². The predicted octanol–water partition coefficient (Wildman–Crippen LogP) is 8.19. The van der Waals surface area contributed by atoms with E-state index in [2.05, 4.69) is 33.7 Å². The van der Waals surface area contributed by atoms with Gasteiger partial charge >= 0.3 is 0 Å². The van der Waals surface area contributed by atoms with E-state index in [0.29, 0.717) is 29.5 Å². The van der Waals surface area contributed by atoms with E-state index in [4.69, 9.17) is 0 Å². The minimum absolute atomic E-state index is 0.452. The number of hydrogen-bond donors (Lipinski definition) is 0. The number of hydrogen-bond acceptors (Lipinski definition) is 3. The molecule has 3 heteroatoms. The zero-order valence-electron chi connectivity index (χ0n) is 17.0. The van der Waals surface area contributed by atoms with Gasteiger partial charge in [-0.05, 0) is 94.1 Å². The van der Waals surface area contributed by atoms with E-state index in [1.54, 1.807) is 22.7 Å². The third kappa shape index (κ3) is 5.16. The van der Waals surface area contributed by atoms with Crippen LogP contribution in [0.5, 0.6) is 0 Å². The molecule has 1 nitrogen and oxygen atoms in total. The van der Waals surface area contributed by atoms with Crippen LogP contribution in [0.2, 0.25) is 0 Å². The second-order valence-corrected chi connectivity index (χ2v) is 10.6. The molecule has 0 aliphatic heterocycles. The lowest BCUT2D eigenvalue weighted by molar-refractivity contribution is -0.120. The van der Waals surface area contributed by atoms with Crippen molar-refractivity contribution in [2.45, 2.75) is 88.9 Å². The minimum Gasteiger partial charge on any atom is -0.300 e. The molecule has 2 fully saturated rings. The molecule has 2 aromatic heterocycles. The molecular formula is C25H34OS2. The first-order valence-electron chi connectivity index (χ1n) is 11.4. The topological polar surface area (TPSA) is 17.1 Å². The smallest absolute Gasteiger partial charge is 0.134 e. The summed E-state index contributed by atoms with van der Waals surface area (Å²) < 4.78 is 0. The van der Waals surface area contributed by atoms with E-state index in [9.17, 15) is 4.79 Å². The molecule has 2 saturated carbocycles. The second-order valence-electron chi connectivity index (χ2n) is 9.07. The fourth-order valence-corrected chi connectivity index (χ4v) is 7.18. The summed E-state index contributed by atoms with van der Waals surface area (Å²) in [4.78, 5) is 13.3. The molecule has 152 valence electrons. The summed E-state index contributed by atoms with van der Waals surface area (Å²) in [7, 11) is 0. The number of carbonyl (C=O) groups is 1. The molecule has 0 amide bonds. The van der Waals surface area contributed by atoms with Crippen molar-refractivity contribution in [2.24, 2.45) is 11.8 Å². The van der Waals surface area contributed by atoms with Crippen LogP contribution in [0.4, 0.5) is 0 Å². The van der Waals surface area contributed by atoms with Crippen LogP contribution >= 0.6 is 22.7 Å². The number of ketones is 1. The molecule has 0 spiro atoms. The Morgan fingerprint density at radius 1 is 0.750 bits per heavy atom. The molecule has 2 heterocycles. The Bertz CT molecular complexity index is 631. The van der Waals surface area contributed by atoms with E-state index in [1.165, 1.54) is 75.3 Å². The van der Waals surface area contributed by atoms with Crippen molar-refractivity contribution in [2.75, 3.05) is 0 Å². The van der Waals surface area contributed by atoms with Crippen LogP contribution in [-0.4, -0.2) is 5.78 Å². The molecule has 0 aromatic carbocycles. The van der Waals surface area contributed by atoms with Crippen molar-refractivity contribution < 1.29 is 4.79 Å². The first-order chi connectivity index (χ1) is 13.8. The zero-order chi connectivity index (χ0) is 19.2. The summed E-state index contributed by atoms with van der Waals surface area (Å²) in [6.45, 7) is 0. The summed E-state index contributed by atoms with van der Waals surface area (Å²) in [6.07, 6.45) is 14.9. The maximum Gasteiger partial charge on any atom is 0.134 e. The molecule has 0 saturated heterocycles. The fraction of sp³-hybridized carbons (Fsp3) is 0.640. The van der Waals surface area contributed by atoms with E-state index < -0.39 is 0 Å². The molecular weight excluding hydrogens is 380 g/mol. The van der Waals surface area contributed by atoms with Crippen LogP contribution in [0.3, 0.4) is 0 Å². The number of carbonyl (C=O) groups excluding carboxylic acids is 1. The largest absolute Gasteiger partial charge is 0.300 e. The lowest BCUT2D eigenvalue weighted by Crippen LogP contribution is -2.23. The Balaban J connectivity index is 1.46. The van der Waals surface area contributed by atoms with Gasteiger partial charge in [0, 0.05) is 12.8 Å². The number of thiophene rings is 2. The highest BCUT2D eigenvalue weighted by atomic mass is 32.1. The number of Topliss-reactive ketones (excluding diaryl/α,β-unsaturated/α-hetero) is 1. The van der Waals surface area contributed by atoms with Crippen LogP contribution in [-0.2, 0) is 4.79 Å². The van der Waals surface area contributed by atoms with Gasteiger partial charge in [0.1, 0.15) is 5.78 Å². The zero-order valence-corrected chi connectivity index (χ0v) is 18.6. The average Bonchev–Trinajstić information content (AvgIpc) is 3.46. The Morgan fingerprint density at radius 2 is 1.18 bits per heavy atom. The van der Waals surface area contributed by atoms with E-state index in [1.807, 2.05) is 0 Å². The highest BCUT2D eigenvalue weighted by molar-refractivity contribution is 7.08. The Morgan fingerprint density at radius 3 is 1.54 bits per heavy atom. The summed E-state index contributed by atoms with van der Waals surface area (Å²) in [6, 6.07) is 4.55. The molecule has 2 atom stereocenters. The molecule has 0 radical (unpaired) electrons. The number of rotatable bonds is 8. The molecule has 2 aliphatic carbocycles. The lowest BCUT2D eigenvalue weighted by Gasteiger charge is -2.32. The van der Waals surface area contributed by atoms with Gasteiger partial charge in [0.25, 0.3) is 0 Å². The lowest BCUT2D eigenvalue weighted by atomic mass is 9.72. The van der Waals surface area contributed by atoms with Crippen molar-refractivity contribution in [3.63, 3.8) is 0 Å². The average molecular weight is 415 g/mol. The van der Waals surface area contributed by atoms with Crippen LogP contribution in [0.25, 0.3) is 0 Å². The van der Waals surface area contributed by atoms with E-state index in [0.717, 1.165) is 12.8 Å². The first-order valence-corrected chi connectivity index (χ1v) is 13.3. The second kappa shape index (κ2) is 10.2. The minimum atomic E-state index is 0.452. The van der Waals surface area contributed by atoms with E-state index in [-0.39, 0.29) is 0 Å². The quantitative estimate of drug-likeness (QED) is 0.425. The molecule has 28 heavy (non-hydrogen) atoms. The highest BCUT2D eigenvalue weighted by Gasteiger charge is 2.31. The van der Waals surface area contributed by atoms with Crippen molar-refractivity contribution in [3.8, 4) is 0 Å². The van der Waals surface area contributed by atoms with Crippen LogP contribution < -0.4 is 0 Å². The van der Waals surface area contributed by atoms with Crippen LogP contribution in [0.15, 0.2) is 33.7 Å². The highest BCUT2D eigenvalue weighted by Crippen LogP contribution is 2.42. The summed E-state index contributed by atoms with van der Waals surface area (Å²) in [5.74, 6) is 2.83. The Kier molecular flexibility index (Phi) is 7.42. The van der Waals surface area contributed by atoms with Crippen LogP contribution in [0, 0.1) is 11.8 Å². The standard InChI is InChI=1S/C25H34OS2/c26-23(15-24(21-11-13-27-17-21)19-7-3-1-4-8-19)16-25(22-12-14-28-18-22)20-9-5-2-6-10-20/h11-14,17-20,24-25H,1-10,15-16H2. The van der Waals surface area contributed by atoms with Gasteiger partial charge in [-0.1, -0.05) is 38.5 Å². The Hall–Kier alpha value is -0.930. The molecule has 2 unspecified atom stereocenters. The van der Waals surface area contributed by atoms with Gasteiger partial charge in [0.2, 0.25) is 0 Å². The molecule has 4 rings (SSSR count). The van der Waals surface area contributed by atoms with Gasteiger partial charge < -0.3 is 0 Å². The van der Waals surface area contributed by atoms with E-state index >= 15 is 0 Å². The van der Waals surface area contributed by atoms with Gasteiger partial charge in [0.05, 0.1) is 0 Å². The van der Waals surface area contributed by atoms with Crippen LogP contribution in [0.1, 0.15) is 100 Å². The summed E-state index contributed by atoms with van der Waals surface area (Å²) >= 11 is 3.57. The molecule has 0 N–H and O–H groups in total. The summed E-state index contributed by atoms with van der Waals surface area (Å²) in [5, 5.41) is 8.96. The van der Waals surface area contributed by atoms with Gasteiger partial charge in [-0.3, -0.25) is 4.79 Å². The van der Waals surface area contributed by atoms with Gasteiger partial charge in [-0.25, -0.2) is 0 Å². The molecule has 2 aromatic rings. The summed E-state index contributed by atoms with van der Waals surface area (Å²) in [5.41, 5.74) is 2.85. The third-order valence-electron chi connectivity index (χ3n) is 7.28. The van der Waals surface area contributed by atoms with Crippen molar-refractivity contribution in [3.05, 3.63) is 44.8 Å². The maximum atomic E-state index is 13.3. The normalized spacial score (nSPS) is 21.4. The fourth-order valence-electron chi connectivity index (χ4n) is 5.73. The van der Waals surface area contributed by atoms with Crippen molar-refractivity contribution in [1.82, 2.24) is 0 Å². The molecule has 2 aliphatic rings. The predicted molar refractivity (Wildman–Crippen MR) is 122 cm³/mol. The van der Waals surface area contributed by atoms with Crippen molar-refractivity contribution >= 4 is 28.5 Å². The Labute approximate surface area is 178 Å². The van der Waals surface area contributed by atoms with Crippen molar-refractivity contribution in [1.29, 1.82) is 0 Å². The van der Waals surface area contributed by atoms with Gasteiger partial charge in [0.15, 0.2) is 0 Å². The van der Waals surface area contributed by atoms with Gasteiger partial charge in [-0.2, -0.15) is 22.7 Å². The third-order valence-corrected chi connectivity index (χ3v) is 8.68. The maximum absolute atomic E-state index is 13.3.